The normalized spacial score (nSPS) is 11.7. The van der Waals surface area contributed by atoms with Gasteiger partial charge in [0, 0.05) is 12.6 Å². The number of halogens is 1. The van der Waals surface area contributed by atoms with Crippen LogP contribution in [0.2, 0.25) is 0 Å². The van der Waals surface area contributed by atoms with Gasteiger partial charge in [0.1, 0.15) is 5.82 Å². The molecule has 1 N–H and O–H groups in total. The van der Waals surface area contributed by atoms with E-state index in [4.69, 9.17) is 4.42 Å². The van der Waals surface area contributed by atoms with Crippen molar-refractivity contribution in [3.63, 3.8) is 0 Å². The van der Waals surface area contributed by atoms with E-state index in [0.717, 1.165) is 6.07 Å². The van der Waals surface area contributed by atoms with Gasteiger partial charge in [-0.15, -0.1) is 0 Å². The maximum Gasteiger partial charge on any atom is 0.419 e. The number of oxazole rings is 1. The zero-order valence-corrected chi connectivity index (χ0v) is 12.9. The Morgan fingerprint density at radius 2 is 1.96 bits per heavy atom. The van der Waals surface area contributed by atoms with Crippen molar-refractivity contribution >= 4 is 26.8 Å². The van der Waals surface area contributed by atoms with Crippen LogP contribution in [-0.2, 0) is 16.6 Å². The topological polar surface area (TPSA) is 81.3 Å². The van der Waals surface area contributed by atoms with Crippen LogP contribution in [-0.4, -0.2) is 13.0 Å². The number of anilines is 1. The average Bonchev–Trinajstić information content (AvgIpc) is 2.83. The molecule has 0 unspecified atom stereocenters. The minimum Gasteiger partial charge on any atom is -0.408 e. The van der Waals surface area contributed by atoms with Gasteiger partial charge in [-0.2, -0.15) is 0 Å². The summed E-state index contributed by atoms with van der Waals surface area (Å²) in [6.45, 7) is 2.19. The monoisotopic (exact) mass is 336 g/mol. The smallest absolute Gasteiger partial charge is 0.408 e. The van der Waals surface area contributed by atoms with E-state index >= 15 is 0 Å². The maximum absolute atomic E-state index is 13.6. The molecule has 0 spiro atoms. The van der Waals surface area contributed by atoms with Crippen LogP contribution >= 0.6 is 0 Å². The van der Waals surface area contributed by atoms with E-state index < -0.39 is 21.6 Å². The van der Waals surface area contributed by atoms with E-state index in [1.807, 2.05) is 0 Å². The van der Waals surface area contributed by atoms with E-state index in [2.05, 4.69) is 4.72 Å². The predicted octanol–water partition coefficient (Wildman–Crippen LogP) is 2.55. The van der Waals surface area contributed by atoms with Crippen molar-refractivity contribution in [3.05, 3.63) is 58.8 Å². The molecule has 0 aliphatic heterocycles. The number of hydrogen-bond acceptors (Lipinski definition) is 4. The Morgan fingerprint density at radius 1 is 1.22 bits per heavy atom. The highest BCUT2D eigenvalue weighted by atomic mass is 32.2. The van der Waals surface area contributed by atoms with Crippen molar-refractivity contribution in [1.82, 2.24) is 4.57 Å². The Bertz CT molecular complexity index is 1040. The van der Waals surface area contributed by atoms with Crippen LogP contribution in [0.4, 0.5) is 10.1 Å². The highest BCUT2D eigenvalue weighted by Gasteiger charge is 2.18. The fraction of sp³-hybridized carbons (Fsp3) is 0.133. The third kappa shape index (κ3) is 2.72. The van der Waals surface area contributed by atoms with Crippen molar-refractivity contribution < 1.29 is 17.2 Å². The van der Waals surface area contributed by atoms with Crippen LogP contribution in [0.3, 0.4) is 0 Å². The summed E-state index contributed by atoms with van der Waals surface area (Å²) in [5.41, 5.74) is 0.510. The number of aromatic nitrogens is 1. The molecule has 6 nitrogen and oxygen atoms in total. The highest BCUT2D eigenvalue weighted by molar-refractivity contribution is 7.92. The Hall–Kier alpha value is -2.61. The predicted molar refractivity (Wildman–Crippen MR) is 83.4 cm³/mol. The fourth-order valence-corrected chi connectivity index (χ4v) is 3.34. The van der Waals surface area contributed by atoms with E-state index in [1.54, 1.807) is 6.92 Å². The second kappa shape index (κ2) is 5.54. The van der Waals surface area contributed by atoms with Gasteiger partial charge in [-0.3, -0.25) is 9.29 Å². The Balaban J connectivity index is 2.05. The third-order valence-corrected chi connectivity index (χ3v) is 4.75. The number of fused-ring (bicyclic) bond motifs is 1. The summed E-state index contributed by atoms with van der Waals surface area (Å²) < 4.78 is 46.9. The summed E-state index contributed by atoms with van der Waals surface area (Å²) >= 11 is 0. The molecule has 0 amide bonds. The number of rotatable bonds is 4. The standard InChI is InChI=1S/C15H13FN2O4S/c1-2-18-13-8-7-10(9-14(13)22-15(18)19)23(20,21)17-12-6-4-3-5-11(12)16/h3-9,17H,2H2,1H3. The lowest BCUT2D eigenvalue weighted by atomic mass is 10.3. The average molecular weight is 336 g/mol. The summed E-state index contributed by atoms with van der Waals surface area (Å²) in [5.74, 6) is -1.24. The lowest BCUT2D eigenvalue weighted by Gasteiger charge is -2.08. The van der Waals surface area contributed by atoms with E-state index in [-0.39, 0.29) is 16.2 Å². The molecule has 2 aromatic carbocycles. The molecule has 0 atom stereocenters. The molecular weight excluding hydrogens is 323 g/mol. The number of para-hydroxylation sites is 1. The van der Waals surface area contributed by atoms with Gasteiger partial charge in [0.15, 0.2) is 5.58 Å². The molecule has 3 aromatic rings. The number of nitrogens with zero attached hydrogens (tertiary/aromatic N) is 1. The molecule has 0 fully saturated rings. The molecule has 0 radical (unpaired) electrons. The summed E-state index contributed by atoms with van der Waals surface area (Å²) in [6, 6.07) is 9.52. The Kier molecular flexibility index (Phi) is 3.69. The molecule has 1 heterocycles. The molecule has 0 aliphatic rings. The summed E-state index contributed by atoms with van der Waals surface area (Å²) in [4.78, 5) is 11.5. The van der Waals surface area contributed by atoms with Gasteiger partial charge in [-0.05, 0) is 31.2 Å². The van der Waals surface area contributed by atoms with Crippen LogP contribution < -0.4 is 10.5 Å². The Morgan fingerprint density at radius 3 is 2.65 bits per heavy atom. The van der Waals surface area contributed by atoms with Crippen LogP contribution in [0.1, 0.15) is 6.92 Å². The third-order valence-electron chi connectivity index (χ3n) is 3.38. The molecule has 8 heteroatoms. The molecule has 23 heavy (non-hydrogen) atoms. The van der Waals surface area contributed by atoms with Gasteiger partial charge in [0.2, 0.25) is 0 Å². The van der Waals surface area contributed by atoms with Gasteiger partial charge in [-0.1, -0.05) is 12.1 Å². The zero-order valence-electron chi connectivity index (χ0n) is 12.1. The van der Waals surface area contributed by atoms with Crippen LogP contribution in [0.15, 0.2) is 56.6 Å². The highest BCUT2D eigenvalue weighted by Crippen LogP contribution is 2.22. The second-order valence-corrected chi connectivity index (χ2v) is 6.51. The molecule has 0 bridgehead atoms. The van der Waals surface area contributed by atoms with Crippen molar-refractivity contribution in [2.75, 3.05) is 4.72 Å². The zero-order chi connectivity index (χ0) is 16.6. The molecule has 1 aromatic heterocycles. The molecule has 0 aliphatic carbocycles. The fourth-order valence-electron chi connectivity index (χ4n) is 2.26. The molecule has 0 saturated heterocycles. The Labute approximate surface area is 131 Å². The first-order chi connectivity index (χ1) is 10.9. The first-order valence-electron chi connectivity index (χ1n) is 6.83. The SMILES string of the molecule is CCn1c(=O)oc2cc(S(=O)(=O)Nc3ccccc3F)ccc21. The number of aryl methyl sites for hydroxylation is 1. The van der Waals surface area contributed by atoms with Gasteiger partial charge in [0.05, 0.1) is 16.1 Å². The molecular formula is C15H13FN2O4S. The van der Waals surface area contributed by atoms with Gasteiger partial charge < -0.3 is 4.42 Å². The minimum absolute atomic E-state index is 0.120. The van der Waals surface area contributed by atoms with Crippen LogP contribution in [0.5, 0.6) is 0 Å². The van der Waals surface area contributed by atoms with E-state index in [0.29, 0.717) is 12.1 Å². The van der Waals surface area contributed by atoms with Crippen LogP contribution in [0.25, 0.3) is 11.1 Å². The largest absolute Gasteiger partial charge is 0.419 e. The van der Waals surface area contributed by atoms with Crippen molar-refractivity contribution in [1.29, 1.82) is 0 Å². The number of benzene rings is 2. The van der Waals surface area contributed by atoms with Gasteiger partial charge in [-0.25, -0.2) is 17.6 Å². The molecule has 3 rings (SSSR count). The number of nitrogens with one attached hydrogen (secondary N) is 1. The number of hydrogen-bond donors (Lipinski definition) is 1. The summed E-state index contributed by atoms with van der Waals surface area (Å²) in [6.07, 6.45) is 0. The first kappa shape index (κ1) is 15.3. The lowest BCUT2D eigenvalue weighted by molar-refractivity contribution is 0.512. The minimum atomic E-state index is -4.00. The van der Waals surface area contributed by atoms with Crippen LogP contribution in [0, 0.1) is 5.82 Å². The van der Waals surface area contributed by atoms with Gasteiger partial charge in [0.25, 0.3) is 10.0 Å². The van der Waals surface area contributed by atoms with Crippen molar-refractivity contribution in [2.45, 2.75) is 18.4 Å². The van der Waals surface area contributed by atoms with E-state index in [9.17, 15) is 17.6 Å². The maximum atomic E-state index is 13.6. The summed E-state index contributed by atoms with van der Waals surface area (Å²) in [7, 11) is -4.00. The summed E-state index contributed by atoms with van der Waals surface area (Å²) in [5, 5.41) is 0. The van der Waals surface area contributed by atoms with E-state index in [1.165, 1.54) is 41.0 Å². The van der Waals surface area contributed by atoms with Gasteiger partial charge >= 0.3 is 5.76 Å². The quantitative estimate of drug-likeness (QED) is 0.794. The lowest BCUT2D eigenvalue weighted by Crippen LogP contribution is -2.14. The second-order valence-electron chi connectivity index (χ2n) is 4.83. The van der Waals surface area contributed by atoms with Crippen molar-refractivity contribution in [2.24, 2.45) is 0 Å². The molecule has 120 valence electrons. The first-order valence-corrected chi connectivity index (χ1v) is 8.31. The molecule has 0 saturated carbocycles. The number of sulfonamides is 1. The van der Waals surface area contributed by atoms with Crippen molar-refractivity contribution in [3.8, 4) is 0 Å².